The molecular weight excluding hydrogens is 375 g/mol. The van der Waals surface area contributed by atoms with Crippen molar-refractivity contribution in [3.8, 4) is 0 Å². The number of halogens is 3. The fourth-order valence-corrected chi connectivity index (χ4v) is 4.06. The van der Waals surface area contributed by atoms with Crippen molar-refractivity contribution in [3.63, 3.8) is 0 Å². The van der Waals surface area contributed by atoms with E-state index in [-0.39, 0.29) is 36.1 Å². The van der Waals surface area contributed by atoms with Crippen molar-refractivity contribution < 1.29 is 23.1 Å². The molecule has 1 aromatic carbocycles. The van der Waals surface area contributed by atoms with Gasteiger partial charge in [0.25, 0.3) is 0 Å². The zero-order chi connectivity index (χ0) is 20.5. The molecule has 1 saturated carbocycles. The van der Waals surface area contributed by atoms with Crippen molar-refractivity contribution in [2.45, 2.75) is 44.2 Å². The zero-order valence-electron chi connectivity index (χ0n) is 15.4. The maximum absolute atomic E-state index is 15.0. The summed E-state index contributed by atoms with van der Waals surface area (Å²) >= 11 is 0. The van der Waals surface area contributed by atoms with Crippen molar-refractivity contribution in [1.82, 2.24) is 4.57 Å². The van der Waals surface area contributed by atoms with Crippen LogP contribution in [0.1, 0.15) is 35.3 Å². The number of aryl methyl sites for hydroxylation is 1. The van der Waals surface area contributed by atoms with Gasteiger partial charge in [0.1, 0.15) is 23.7 Å². The quantitative estimate of drug-likeness (QED) is 0.833. The van der Waals surface area contributed by atoms with Crippen molar-refractivity contribution in [3.05, 3.63) is 39.4 Å². The summed E-state index contributed by atoms with van der Waals surface area (Å²) in [6.07, 6.45) is -1.24. The monoisotopic (exact) mass is 395 g/mol. The number of fused-ring (bicyclic) bond motifs is 1. The molecule has 3 N–H and O–H groups in total. The Morgan fingerprint density at radius 1 is 1.39 bits per heavy atom. The van der Waals surface area contributed by atoms with E-state index in [1.807, 2.05) is 0 Å². The highest BCUT2D eigenvalue weighted by Gasteiger charge is 2.43. The number of nitrogens with zero attached hydrogens (tertiary/aromatic N) is 2. The fraction of sp³-hybridized carbons (Fsp3) is 0.474. The van der Waals surface area contributed by atoms with E-state index < -0.39 is 46.7 Å². The van der Waals surface area contributed by atoms with Crippen LogP contribution in [0.15, 0.2) is 17.1 Å². The van der Waals surface area contributed by atoms with Crippen LogP contribution in [0.4, 0.5) is 18.9 Å². The number of rotatable bonds is 3. The highest BCUT2D eigenvalue weighted by Crippen LogP contribution is 2.43. The second-order valence-corrected chi connectivity index (χ2v) is 7.99. The molecule has 0 amide bonds. The molecule has 1 unspecified atom stereocenters. The first kappa shape index (κ1) is 18.8. The van der Waals surface area contributed by atoms with Gasteiger partial charge in [0.15, 0.2) is 0 Å². The number of alkyl halides is 2. The van der Waals surface area contributed by atoms with E-state index >= 15 is 0 Å². The predicted octanol–water partition coefficient (Wildman–Crippen LogP) is 2.31. The van der Waals surface area contributed by atoms with Gasteiger partial charge in [0.2, 0.25) is 5.43 Å². The maximum Gasteiger partial charge on any atom is 0.341 e. The van der Waals surface area contributed by atoms with Gasteiger partial charge in [-0.25, -0.2) is 18.0 Å². The molecule has 4 atom stereocenters. The van der Waals surface area contributed by atoms with Gasteiger partial charge >= 0.3 is 5.97 Å². The van der Waals surface area contributed by atoms with Gasteiger partial charge < -0.3 is 20.3 Å². The molecule has 1 aliphatic carbocycles. The molecule has 1 saturated heterocycles. The summed E-state index contributed by atoms with van der Waals surface area (Å²) in [5.74, 6) is -2.23. The largest absolute Gasteiger partial charge is 0.477 e. The lowest BCUT2D eigenvalue weighted by Crippen LogP contribution is -2.45. The lowest BCUT2D eigenvalue weighted by Gasteiger charge is -2.25. The van der Waals surface area contributed by atoms with Crippen LogP contribution < -0.4 is 16.1 Å². The number of hydrogen-bond acceptors (Lipinski definition) is 4. The van der Waals surface area contributed by atoms with E-state index in [4.69, 9.17) is 5.73 Å². The van der Waals surface area contributed by atoms with Crippen molar-refractivity contribution in [1.29, 1.82) is 0 Å². The van der Waals surface area contributed by atoms with E-state index in [1.165, 1.54) is 9.47 Å². The summed E-state index contributed by atoms with van der Waals surface area (Å²) in [5.41, 5.74) is 4.09. The van der Waals surface area contributed by atoms with Crippen LogP contribution in [0.25, 0.3) is 10.9 Å². The number of carbonyl (C=O) groups is 1. The third-order valence-electron chi connectivity index (χ3n) is 5.69. The number of nitrogens with two attached hydrogens (primary N) is 1. The summed E-state index contributed by atoms with van der Waals surface area (Å²) < 4.78 is 44.4. The Balaban J connectivity index is 1.99. The molecule has 2 heterocycles. The molecular formula is C19H20F3N3O3. The fourth-order valence-electron chi connectivity index (χ4n) is 4.06. The van der Waals surface area contributed by atoms with Crippen molar-refractivity contribution >= 4 is 22.6 Å². The van der Waals surface area contributed by atoms with Gasteiger partial charge in [-0.2, -0.15) is 0 Å². The molecule has 9 heteroatoms. The molecule has 28 heavy (non-hydrogen) atoms. The summed E-state index contributed by atoms with van der Waals surface area (Å²) in [6, 6.07) is 0.336. The summed E-state index contributed by atoms with van der Waals surface area (Å²) in [6.45, 7) is 3.07. The highest BCUT2D eigenvalue weighted by atomic mass is 19.1. The number of hydrogen-bond donors (Lipinski definition) is 2. The Morgan fingerprint density at radius 2 is 2.04 bits per heavy atom. The summed E-state index contributed by atoms with van der Waals surface area (Å²) in [7, 11) is 0. The second-order valence-electron chi connectivity index (χ2n) is 7.99. The average Bonchev–Trinajstić information content (AvgIpc) is 3.24. The van der Waals surface area contributed by atoms with Crippen LogP contribution in [0.5, 0.6) is 0 Å². The molecule has 6 nitrogen and oxygen atoms in total. The topological polar surface area (TPSA) is 88.6 Å². The number of anilines is 1. The summed E-state index contributed by atoms with van der Waals surface area (Å²) in [4.78, 5) is 25.5. The Morgan fingerprint density at radius 3 is 2.54 bits per heavy atom. The molecule has 0 bridgehead atoms. The Bertz CT molecular complexity index is 1070. The first-order chi connectivity index (χ1) is 13.0. The van der Waals surface area contributed by atoms with Gasteiger partial charge in [0.05, 0.1) is 29.3 Å². The number of carboxylic acid groups (broad SMARTS) is 1. The molecule has 4 rings (SSSR count). The normalized spacial score (nSPS) is 29.5. The van der Waals surface area contributed by atoms with E-state index in [2.05, 4.69) is 0 Å². The molecule has 2 aromatic rings. The van der Waals surface area contributed by atoms with Gasteiger partial charge in [-0.1, -0.05) is 0 Å². The Kier molecular flexibility index (Phi) is 4.01. The third-order valence-corrected chi connectivity index (χ3v) is 5.69. The van der Waals surface area contributed by atoms with Crippen molar-refractivity contribution in [2.24, 2.45) is 5.73 Å². The first-order valence-electron chi connectivity index (χ1n) is 8.96. The molecule has 1 aromatic heterocycles. The van der Waals surface area contributed by atoms with Crippen LogP contribution in [0.2, 0.25) is 0 Å². The second kappa shape index (κ2) is 5.97. The molecule has 0 radical (unpaired) electrons. The number of carboxylic acids is 1. The number of benzene rings is 1. The van der Waals surface area contributed by atoms with Gasteiger partial charge in [-0.3, -0.25) is 4.79 Å². The number of pyridine rings is 1. The van der Waals surface area contributed by atoms with E-state index in [0.29, 0.717) is 5.56 Å². The minimum absolute atomic E-state index is 0.0735. The Labute approximate surface area is 158 Å². The summed E-state index contributed by atoms with van der Waals surface area (Å²) in [5, 5.41) is 9.17. The number of aromatic nitrogens is 1. The lowest BCUT2D eigenvalue weighted by molar-refractivity contribution is 0.0694. The molecule has 0 spiro atoms. The molecule has 150 valence electrons. The van der Waals surface area contributed by atoms with E-state index in [1.54, 1.807) is 13.8 Å². The van der Waals surface area contributed by atoms with Crippen molar-refractivity contribution in [2.75, 3.05) is 18.0 Å². The smallest absolute Gasteiger partial charge is 0.341 e. The predicted molar refractivity (Wildman–Crippen MR) is 98.1 cm³/mol. The average molecular weight is 395 g/mol. The van der Waals surface area contributed by atoms with Gasteiger partial charge in [-0.15, -0.1) is 0 Å². The minimum atomic E-state index is -1.46. The first-order valence-corrected chi connectivity index (χ1v) is 8.96. The molecule has 1 aliphatic heterocycles. The third kappa shape index (κ3) is 2.68. The van der Waals surface area contributed by atoms with E-state index in [0.717, 1.165) is 12.3 Å². The zero-order valence-corrected chi connectivity index (χ0v) is 15.4. The maximum atomic E-state index is 15.0. The van der Waals surface area contributed by atoms with Crippen LogP contribution >= 0.6 is 0 Å². The SMILES string of the molecule is Cc1c(N2CC(F)[C@](C)(N)C2)c(F)cc2c(=O)c(C(=O)O)cn([C@@H]3C[C@@H]3F)c12. The Hall–Kier alpha value is -2.55. The van der Waals surface area contributed by atoms with Crippen LogP contribution in [-0.2, 0) is 0 Å². The molecule has 2 fully saturated rings. The van der Waals surface area contributed by atoms with Crippen LogP contribution in [0.3, 0.4) is 0 Å². The highest BCUT2D eigenvalue weighted by molar-refractivity contribution is 5.95. The van der Waals surface area contributed by atoms with Crippen LogP contribution in [-0.4, -0.2) is 46.6 Å². The van der Waals surface area contributed by atoms with Gasteiger partial charge in [0, 0.05) is 24.5 Å². The standard InChI is InChI=1S/C19H20F3N3O3/c1-8-15-9(3-12(21)16(8)24-6-14(22)19(2,23)7-24)17(26)10(18(27)28)5-25(15)13-4-11(13)20/h3,5,11,13-14H,4,6-7,23H2,1-2H3,(H,27,28)/t11-,13+,14?,19+/m0/s1. The minimum Gasteiger partial charge on any atom is -0.477 e. The van der Waals surface area contributed by atoms with E-state index in [9.17, 15) is 27.9 Å². The van der Waals surface area contributed by atoms with Gasteiger partial charge in [-0.05, 0) is 25.5 Å². The molecule has 2 aliphatic rings. The number of aromatic carboxylic acids is 1. The van der Waals surface area contributed by atoms with Crippen LogP contribution in [0, 0.1) is 12.7 Å². The lowest BCUT2D eigenvalue weighted by atomic mass is 10.0.